The molecule has 0 spiro atoms. The summed E-state index contributed by atoms with van der Waals surface area (Å²) < 4.78 is 11.3. The van der Waals surface area contributed by atoms with Crippen LogP contribution in [0.4, 0.5) is 11.7 Å². The molecule has 7 heteroatoms. The highest BCUT2D eigenvalue weighted by Gasteiger charge is 2.24. The van der Waals surface area contributed by atoms with Crippen molar-refractivity contribution in [2.24, 2.45) is 0 Å². The van der Waals surface area contributed by atoms with Crippen molar-refractivity contribution in [1.29, 1.82) is 0 Å². The number of β-amino-alcohol motifs (C(OH)–C–C–N with tert-alkyl or cyclic N) is 1. The van der Waals surface area contributed by atoms with E-state index in [1.54, 1.807) is 24.3 Å². The number of fused-ring (bicyclic) bond motifs is 2. The van der Waals surface area contributed by atoms with Gasteiger partial charge in [-0.15, -0.1) is 0 Å². The largest absolute Gasteiger partial charge is 0.493 e. The molecule has 0 bridgehead atoms. The van der Waals surface area contributed by atoms with Crippen molar-refractivity contribution in [1.82, 2.24) is 4.98 Å². The van der Waals surface area contributed by atoms with E-state index in [4.69, 9.17) is 9.15 Å². The minimum Gasteiger partial charge on any atom is -0.493 e. The van der Waals surface area contributed by atoms with E-state index in [0.29, 0.717) is 47.9 Å². The number of hydrogen-bond donors (Lipinski definition) is 2. The summed E-state index contributed by atoms with van der Waals surface area (Å²) in [6, 6.07) is 11.4. The minimum absolute atomic E-state index is 0.171. The van der Waals surface area contributed by atoms with Crippen LogP contribution in [0.3, 0.4) is 0 Å². The van der Waals surface area contributed by atoms with E-state index in [-0.39, 0.29) is 12.0 Å². The van der Waals surface area contributed by atoms with Gasteiger partial charge in [-0.2, -0.15) is 4.98 Å². The lowest BCUT2D eigenvalue weighted by Crippen LogP contribution is -2.21. The fraction of sp³-hybridized carbons (Fsp3) is 0.300. The Hall–Kier alpha value is -3.06. The van der Waals surface area contributed by atoms with Crippen LogP contribution >= 0.6 is 0 Å². The number of aliphatic hydroxyl groups is 1. The van der Waals surface area contributed by atoms with Crippen LogP contribution in [0.15, 0.2) is 40.8 Å². The van der Waals surface area contributed by atoms with Crippen molar-refractivity contribution in [2.45, 2.75) is 18.9 Å². The highest BCUT2D eigenvalue weighted by Crippen LogP contribution is 2.28. The first-order chi connectivity index (χ1) is 13.2. The Kier molecular flexibility index (Phi) is 3.75. The molecule has 1 fully saturated rings. The molecule has 2 aliphatic heterocycles. The average molecular weight is 365 g/mol. The zero-order valence-electron chi connectivity index (χ0n) is 14.6. The number of amides is 1. The Bertz CT molecular complexity index is 1030. The highest BCUT2D eigenvalue weighted by molar-refractivity contribution is 6.05. The molecule has 138 valence electrons. The van der Waals surface area contributed by atoms with Gasteiger partial charge in [-0.1, -0.05) is 0 Å². The standard InChI is InChI=1S/C20H19N3O4/c24-15-5-7-23(11-15)20-22-16-10-14(2-4-18(16)27-20)21-19(25)13-1-3-17-12(9-13)6-8-26-17/h1-4,9-10,15,24H,5-8,11H2,(H,21,25)/t15-/m1/s1. The van der Waals surface area contributed by atoms with Gasteiger partial charge in [0.25, 0.3) is 11.9 Å². The Morgan fingerprint density at radius 2 is 2.19 bits per heavy atom. The first-order valence-electron chi connectivity index (χ1n) is 9.06. The Morgan fingerprint density at radius 3 is 3.04 bits per heavy atom. The molecule has 1 amide bonds. The topological polar surface area (TPSA) is 87.8 Å². The third-order valence-corrected chi connectivity index (χ3v) is 5.02. The van der Waals surface area contributed by atoms with Crippen LogP contribution in [0, 0.1) is 0 Å². The van der Waals surface area contributed by atoms with E-state index >= 15 is 0 Å². The van der Waals surface area contributed by atoms with Gasteiger partial charge in [-0.25, -0.2) is 0 Å². The van der Waals surface area contributed by atoms with E-state index in [1.165, 1.54) is 0 Å². The average Bonchev–Trinajstić information content (AvgIpc) is 3.39. The normalized spacial score (nSPS) is 18.6. The quantitative estimate of drug-likeness (QED) is 0.742. The second-order valence-corrected chi connectivity index (χ2v) is 6.94. The van der Waals surface area contributed by atoms with Gasteiger partial charge in [0, 0.05) is 30.8 Å². The van der Waals surface area contributed by atoms with Gasteiger partial charge in [-0.05, 0) is 48.4 Å². The molecule has 27 heavy (non-hydrogen) atoms. The van der Waals surface area contributed by atoms with E-state index in [0.717, 1.165) is 24.3 Å². The summed E-state index contributed by atoms with van der Waals surface area (Å²) in [5.74, 6) is 0.686. The molecule has 7 nitrogen and oxygen atoms in total. The van der Waals surface area contributed by atoms with Gasteiger partial charge in [0.1, 0.15) is 11.3 Å². The van der Waals surface area contributed by atoms with Gasteiger partial charge in [-0.3, -0.25) is 4.79 Å². The molecule has 0 aliphatic carbocycles. The van der Waals surface area contributed by atoms with E-state index in [9.17, 15) is 9.90 Å². The predicted octanol–water partition coefficient (Wildman–Crippen LogP) is 2.59. The van der Waals surface area contributed by atoms with Gasteiger partial charge >= 0.3 is 0 Å². The van der Waals surface area contributed by atoms with Crippen molar-refractivity contribution in [3.8, 4) is 5.75 Å². The summed E-state index contributed by atoms with van der Waals surface area (Å²) in [7, 11) is 0. The maximum Gasteiger partial charge on any atom is 0.298 e. The van der Waals surface area contributed by atoms with Crippen LogP contribution in [0.1, 0.15) is 22.3 Å². The molecular weight excluding hydrogens is 346 g/mol. The monoisotopic (exact) mass is 365 g/mol. The molecule has 5 rings (SSSR count). The van der Waals surface area contributed by atoms with Crippen molar-refractivity contribution in [3.05, 3.63) is 47.5 Å². The second kappa shape index (κ2) is 6.28. The fourth-order valence-corrected chi connectivity index (χ4v) is 3.57. The predicted molar refractivity (Wildman–Crippen MR) is 100 cm³/mol. The minimum atomic E-state index is -0.340. The van der Waals surface area contributed by atoms with Crippen LogP contribution in [0.25, 0.3) is 11.1 Å². The third-order valence-electron chi connectivity index (χ3n) is 5.02. The number of carbonyl (C=O) groups excluding carboxylic acids is 1. The first-order valence-corrected chi connectivity index (χ1v) is 9.06. The number of benzene rings is 2. The lowest BCUT2D eigenvalue weighted by atomic mass is 10.1. The molecule has 3 aromatic rings. The fourth-order valence-electron chi connectivity index (χ4n) is 3.57. The van der Waals surface area contributed by atoms with Crippen LogP contribution in [0.2, 0.25) is 0 Å². The number of carbonyl (C=O) groups is 1. The summed E-state index contributed by atoms with van der Waals surface area (Å²) in [6.07, 6.45) is 1.20. The molecule has 1 saturated heterocycles. The number of rotatable bonds is 3. The molecule has 1 atom stereocenters. The van der Waals surface area contributed by atoms with Crippen molar-refractivity contribution in [2.75, 3.05) is 29.9 Å². The molecule has 0 unspecified atom stereocenters. The Morgan fingerprint density at radius 1 is 1.26 bits per heavy atom. The van der Waals surface area contributed by atoms with E-state index in [1.807, 2.05) is 17.0 Å². The second-order valence-electron chi connectivity index (χ2n) is 6.94. The lowest BCUT2D eigenvalue weighted by molar-refractivity contribution is 0.102. The molecule has 2 aromatic carbocycles. The van der Waals surface area contributed by atoms with Crippen molar-refractivity contribution >= 4 is 28.7 Å². The Labute approximate surface area is 155 Å². The summed E-state index contributed by atoms with van der Waals surface area (Å²) in [4.78, 5) is 19.0. The van der Waals surface area contributed by atoms with Gasteiger partial charge in [0.05, 0.1) is 12.7 Å². The smallest absolute Gasteiger partial charge is 0.298 e. The summed E-state index contributed by atoms with van der Waals surface area (Å²) in [5.41, 5.74) is 3.65. The summed E-state index contributed by atoms with van der Waals surface area (Å²) in [6.45, 7) is 1.91. The maximum absolute atomic E-state index is 12.6. The SMILES string of the molecule is O=C(Nc1ccc2oc(N3CC[C@@H](O)C3)nc2c1)c1ccc2c(c1)CCO2. The summed E-state index contributed by atoms with van der Waals surface area (Å²) in [5, 5.41) is 12.6. The van der Waals surface area contributed by atoms with Crippen molar-refractivity contribution in [3.63, 3.8) is 0 Å². The molecular formula is C20H19N3O4. The molecule has 2 aliphatic rings. The van der Waals surface area contributed by atoms with E-state index < -0.39 is 0 Å². The van der Waals surface area contributed by atoms with Crippen LogP contribution in [-0.4, -0.2) is 41.8 Å². The number of hydrogen-bond acceptors (Lipinski definition) is 6. The molecule has 0 radical (unpaired) electrons. The number of nitrogens with one attached hydrogen (secondary N) is 1. The van der Waals surface area contributed by atoms with Gasteiger partial charge in [0.15, 0.2) is 5.58 Å². The molecule has 1 aromatic heterocycles. The Balaban J connectivity index is 1.36. The number of anilines is 2. The molecule has 3 heterocycles. The van der Waals surface area contributed by atoms with Crippen LogP contribution < -0.4 is 15.0 Å². The number of aliphatic hydroxyl groups excluding tert-OH is 1. The zero-order chi connectivity index (χ0) is 18.4. The number of ether oxygens (including phenoxy) is 1. The van der Waals surface area contributed by atoms with Gasteiger partial charge in [0.2, 0.25) is 0 Å². The molecule has 2 N–H and O–H groups in total. The van der Waals surface area contributed by atoms with E-state index in [2.05, 4.69) is 10.3 Å². The maximum atomic E-state index is 12.6. The number of nitrogens with zero attached hydrogens (tertiary/aromatic N) is 2. The number of aromatic nitrogens is 1. The number of oxazole rings is 1. The first kappa shape index (κ1) is 16.1. The van der Waals surface area contributed by atoms with Crippen LogP contribution in [0.5, 0.6) is 5.75 Å². The molecule has 0 saturated carbocycles. The highest BCUT2D eigenvalue weighted by atomic mass is 16.5. The summed E-state index contributed by atoms with van der Waals surface area (Å²) >= 11 is 0. The van der Waals surface area contributed by atoms with Gasteiger partial charge < -0.3 is 24.5 Å². The van der Waals surface area contributed by atoms with Crippen molar-refractivity contribution < 1.29 is 19.1 Å². The van der Waals surface area contributed by atoms with Crippen LogP contribution in [-0.2, 0) is 6.42 Å². The lowest BCUT2D eigenvalue weighted by Gasteiger charge is -2.10. The zero-order valence-corrected chi connectivity index (χ0v) is 14.6. The third kappa shape index (κ3) is 3.00.